The molecule has 0 fully saturated rings. The molecule has 0 heterocycles. The Hall–Kier alpha value is -0.910. The monoisotopic (exact) mass is 271 g/mol. The fourth-order valence-corrected chi connectivity index (χ4v) is 2.80. The largest absolute Gasteiger partial charge is 0.392 e. The molecule has 18 heavy (non-hydrogen) atoms. The Morgan fingerprint density at radius 2 is 2.06 bits per heavy atom. The maximum Gasteiger partial charge on any atom is 0.240 e. The van der Waals surface area contributed by atoms with Crippen LogP contribution in [0.2, 0.25) is 0 Å². The van der Waals surface area contributed by atoms with Crippen molar-refractivity contribution in [3.63, 3.8) is 0 Å². The molecule has 0 amide bonds. The van der Waals surface area contributed by atoms with Crippen molar-refractivity contribution in [3.05, 3.63) is 29.8 Å². The smallest absolute Gasteiger partial charge is 0.240 e. The number of hydrogen-bond donors (Lipinski definition) is 2. The number of hydrogen-bond acceptors (Lipinski definition) is 3. The van der Waals surface area contributed by atoms with Crippen molar-refractivity contribution in [1.82, 2.24) is 4.72 Å². The van der Waals surface area contributed by atoms with Gasteiger partial charge in [-0.2, -0.15) is 0 Å². The van der Waals surface area contributed by atoms with E-state index in [1.54, 1.807) is 18.2 Å². The molecular formula is C13H21NO3S. The van der Waals surface area contributed by atoms with Gasteiger partial charge in [0.15, 0.2) is 0 Å². The molecule has 4 nitrogen and oxygen atoms in total. The van der Waals surface area contributed by atoms with Crippen molar-refractivity contribution in [2.75, 3.05) is 6.54 Å². The number of aliphatic hydroxyl groups is 1. The number of rotatable bonds is 7. The van der Waals surface area contributed by atoms with Gasteiger partial charge in [-0.3, -0.25) is 0 Å². The van der Waals surface area contributed by atoms with E-state index in [1.165, 1.54) is 0 Å². The zero-order valence-electron chi connectivity index (χ0n) is 10.9. The lowest BCUT2D eigenvalue weighted by molar-refractivity contribution is 0.167. The number of benzene rings is 1. The van der Waals surface area contributed by atoms with E-state index in [-0.39, 0.29) is 11.4 Å². The zero-order valence-corrected chi connectivity index (χ0v) is 11.7. The summed E-state index contributed by atoms with van der Waals surface area (Å²) in [6, 6.07) is 6.85. The minimum absolute atomic E-state index is 0.0620. The van der Waals surface area contributed by atoms with Gasteiger partial charge in [0.05, 0.1) is 11.0 Å². The third-order valence-corrected chi connectivity index (χ3v) is 4.17. The van der Waals surface area contributed by atoms with Gasteiger partial charge >= 0.3 is 0 Å². The Balaban J connectivity index is 2.73. The standard InChI is InChI=1S/C13H21NO3S/c1-3-6-12(15)10-14-18(16,17)13-8-5-7-11(4-2)9-13/h5,7-9,12,14-15H,3-4,6,10H2,1-2H3. The van der Waals surface area contributed by atoms with Gasteiger partial charge in [-0.25, -0.2) is 13.1 Å². The predicted molar refractivity (Wildman–Crippen MR) is 71.9 cm³/mol. The van der Waals surface area contributed by atoms with Crippen molar-refractivity contribution in [2.24, 2.45) is 0 Å². The fourth-order valence-electron chi connectivity index (χ4n) is 1.66. The highest BCUT2D eigenvalue weighted by molar-refractivity contribution is 7.89. The van der Waals surface area contributed by atoms with Crippen LogP contribution in [-0.2, 0) is 16.4 Å². The first kappa shape index (κ1) is 15.1. The summed E-state index contributed by atoms with van der Waals surface area (Å²) >= 11 is 0. The molecule has 0 saturated heterocycles. The van der Waals surface area contributed by atoms with Crippen LogP contribution in [-0.4, -0.2) is 26.2 Å². The summed E-state index contributed by atoms with van der Waals surface area (Å²) in [6.07, 6.45) is 1.59. The molecule has 0 aromatic heterocycles. The van der Waals surface area contributed by atoms with Crippen LogP contribution in [0.1, 0.15) is 32.3 Å². The molecule has 0 spiro atoms. The van der Waals surface area contributed by atoms with E-state index in [9.17, 15) is 13.5 Å². The van der Waals surface area contributed by atoms with Crippen molar-refractivity contribution >= 4 is 10.0 Å². The minimum atomic E-state index is -3.52. The molecular weight excluding hydrogens is 250 g/mol. The summed E-state index contributed by atoms with van der Waals surface area (Å²) in [6.45, 7) is 3.99. The van der Waals surface area contributed by atoms with Gasteiger partial charge in [-0.15, -0.1) is 0 Å². The molecule has 0 radical (unpaired) electrons. The molecule has 5 heteroatoms. The van der Waals surface area contributed by atoms with Crippen LogP contribution in [0.4, 0.5) is 0 Å². The van der Waals surface area contributed by atoms with E-state index in [0.717, 1.165) is 18.4 Å². The SMILES string of the molecule is CCCC(O)CNS(=O)(=O)c1cccc(CC)c1. The van der Waals surface area contributed by atoms with Crippen LogP contribution in [0.15, 0.2) is 29.2 Å². The Kier molecular flexibility index (Phi) is 5.78. The van der Waals surface area contributed by atoms with Gasteiger partial charge in [-0.1, -0.05) is 32.4 Å². The first-order chi connectivity index (χ1) is 8.49. The first-order valence-electron chi connectivity index (χ1n) is 6.26. The molecule has 1 atom stereocenters. The van der Waals surface area contributed by atoms with E-state index in [4.69, 9.17) is 0 Å². The quantitative estimate of drug-likeness (QED) is 0.793. The van der Waals surface area contributed by atoms with Gasteiger partial charge in [0.25, 0.3) is 0 Å². The molecule has 102 valence electrons. The number of sulfonamides is 1. The highest BCUT2D eigenvalue weighted by Crippen LogP contribution is 2.12. The van der Waals surface area contributed by atoms with Crippen LogP contribution in [0.25, 0.3) is 0 Å². The molecule has 1 unspecified atom stereocenters. The Bertz CT molecular complexity index is 471. The third kappa shape index (κ3) is 4.40. The first-order valence-corrected chi connectivity index (χ1v) is 7.74. The highest BCUT2D eigenvalue weighted by Gasteiger charge is 2.15. The Labute approximate surface area is 109 Å². The Morgan fingerprint density at radius 1 is 1.33 bits per heavy atom. The molecule has 0 aliphatic carbocycles. The van der Waals surface area contributed by atoms with Crippen LogP contribution in [0, 0.1) is 0 Å². The van der Waals surface area contributed by atoms with Crippen LogP contribution in [0.5, 0.6) is 0 Å². The summed E-state index contributed by atoms with van der Waals surface area (Å²) in [7, 11) is -3.52. The maximum absolute atomic E-state index is 12.0. The number of aliphatic hydroxyl groups excluding tert-OH is 1. The van der Waals surface area contributed by atoms with Crippen LogP contribution >= 0.6 is 0 Å². The average molecular weight is 271 g/mol. The lowest BCUT2D eigenvalue weighted by Crippen LogP contribution is -2.32. The molecule has 1 aromatic carbocycles. The molecule has 1 rings (SSSR count). The second-order valence-electron chi connectivity index (χ2n) is 4.30. The number of aryl methyl sites for hydroxylation is 1. The summed E-state index contributed by atoms with van der Waals surface area (Å²) in [4.78, 5) is 0.255. The second-order valence-corrected chi connectivity index (χ2v) is 6.06. The molecule has 0 aliphatic heterocycles. The highest BCUT2D eigenvalue weighted by atomic mass is 32.2. The molecule has 1 aromatic rings. The molecule has 0 aliphatic rings. The van der Waals surface area contributed by atoms with E-state index >= 15 is 0 Å². The van der Waals surface area contributed by atoms with Gasteiger partial charge < -0.3 is 5.11 Å². The maximum atomic E-state index is 12.0. The van der Waals surface area contributed by atoms with Crippen LogP contribution < -0.4 is 4.72 Å². The summed E-state index contributed by atoms with van der Waals surface area (Å²) < 4.78 is 26.4. The van der Waals surface area contributed by atoms with Crippen molar-refractivity contribution in [1.29, 1.82) is 0 Å². The fraction of sp³-hybridized carbons (Fsp3) is 0.538. The summed E-state index contributed by atoms with van der Waals surface area (Å²) in [5, 5.41) is 9.53. The predicted octanol–water partition coefficient (Wildman–Crippen LogP) is 1.69. The van der Waals surface area contributed by atoms with Crippen molar-refractivity contribution in [3.8, 4) is 0 Å². The van der Waals surface area contributed by atoms with Gasteiger partial charge in [0, 0.05) is 6.54 Å². The topological polar surface area (TPSA) is 66.4 Å². The minimum Gasteiger partial charge on any atom is -0.392 e. The number of nitrogens with one attached hydrogen (secondary N) is 1. The normalized spacial score (nSPS) is 13.5. The average Bonchev–Trinajstić information content (AvgIpc) is 2.37. The van der Waals surface area contributed by atoms with E-state index < -0.39 is 16.1 Å². The summed E-state index contributed by atoms with van der Waals surface area (Å²) in [5.74, 6) is 0. The third-order valence-electron chi connectivity index (χ3n) is 2.75. The Morgan fingerprint density at radius 3 is 2.67 bits per heavy atom. The van der Waals surface area contributed by atoms with E-state index in [0.29, 0.717) is 6.42 Å². The van der Waals surface area contributed by atoms with E-state index in [2.05, 4.69) is 4.72 Å². The van der Waals surface area contributed by atoms with Gasteiger partial charge in [0.2, 0.25) is 10.0 Å². The van der Waals surface area contributed by atoms with E-state index in [1.807, 2.05) is 19.9 Å². The second kappa shape index (κ2) is 6.87. The lowest BCUT2D eigenvalue weighted by atomic mass is 10.2. The summed E-state index contributed by atoms with van der Waals surface area (Å²) in [5.41, 5.74) is 0.979. The molecule has 0 saturated carbocycles. The molecule has 0 bridgehead atoms. The lowest BCUT2D eigenvalue weighted by Gasteiger charge is -2.11. The van der Waals surface area contributed by atoms with Crippen molar-refractivity contribution < 1.29 is 13.5 Å². The van der Waals surface area contributed by atoms with Crippen LogP contribution in [0.3, 0.4) is 0 Å². The van der Waals surface area contributed by atoms with Gasteiger partial charge in [-0.05, 0) is 30.5 Å². The zero-order chi connectivity index (χ0) is 13.6. The van der Waals surface area contributed by atoms with Gasteiger partial charge in [0.1, 0.15) is 0 Å². The molecule has 2 N–H and O–H groups in total. The van der Waals surface area contributed by atoms with Crippen molar-refractivity contribution in [2.45, 2.75) is 44.1 Å².